The van der Waals surface area contributed by atoms with Crippen LogP contribution in [0.4, 0.5) is 5.82 Å². The van der Waals surface area contributed by atoms with Gasteiger partial charge in [0.2, 0.25) is 0 Å². The van der Waals surface area contributed by atoms with Crippen molar-refractivity contribution in [2.24, 2.45) is 0 Å². The van der Waals surface area contributed by atoms with Gasteiger partial charge in [0.05, 0.1) is 12.3 Å². The number of hydrogen-bond donors (Lipinski definition) is 1. The summed E-state index contributed by atoms with van der Waals surface area (Å²) in [7, 11) is 0. The molecule has 3 heterocycles. The van der Waals surface area contributed by atoms with Gasteiger partial charge < -0.3 is 10.1 Å². The Bertz CT molecular complexity index is 857. The standard InChI is InChI=1S/C20H22N4O/c1-2-25-18-9-4-3-8-17(18)24-20-16(7-5-6-12-22-20)19(23-24)15-10-13-21-14-11-15/h3-4,8-11,13-14,22H,2,5-7,12H2,1H3. The number of hydrogen-bond acceptors (Lipinski definition) is 4. The van der Waals surface area contributed by atoms with Crippen LogP contribution in [0, 0.1) is 0 Å². The van der Waals surface area contributed by atoms with Crippen molar-refractivity contribution < 1.29 is 4.74 Å². The normalized spacial score (nSPS) is 13.6. The number of nitrogens with one attached hydrogen (secondary N) is 1. The monoisotopic (exact) mass is 334 g/mol. The van der Waals surface area contributed by atoms with Crippen molar-refractivity contribution in [1.82, 2.24) is 14.8 Å². The summed E-state index contributed by atoms with van der Waals surface area (Å²) in [5, 5.41) is 8.54. The summed E-state index contributed by atoms with van der Waals surface area (Å²) in [6, 6.07) is 12.1. The first-order valence-corrected chi connectivity index (χ1v) is 8.87. The maximum absolute atomic E-state index is 5.83. The molecule has 0 saturated heterocycles. The first-order valence-electron chi connectivity index (χ1n) is 8.87. The van der Waals surface area contributed by atoms with Crippen LogP contribution >= 0.6 is 0 Å². The lowest BCUT2D eigenvalue weighted by Crippen LogP contribution is -2.08. The molecule has 25 heavy (non-hydrogen) atoms. The van der Waals surface area contributed by atoms with E-state index < -0.39 is 0 Å². The SMILES string of the molecule is CCOc1ccccc1-n1nc(-c2ccncc2)c2c1NCCCC2. The van der Waals surface area contributed by atoms with Crippen molar-refractivity contribution in [3.63, 3.8) is 0 Å². The summed E-state index contributed by atoms with van der Waals surface area (Å²) in [5.74, 6) is 1.93. The van der Waals surface area contributed by atoms with Gasteiger partial charge in [0, 0.05) is 30.1 Å². The Kier molecular flexibility index (Phi) is 4.37. The number of benzene rings is 1. The molecule has 1 aromatic carbocycles. The molecule has 0 unspecified atom stereocenters. The van der Waals surface area contributed by atoms with Crippen LogP contribution in [0.1, 0.15) is 25.3 Å². The number of para-hydroxylation sites is 2. The van der Waals surface area contributed by atoms with Crippen LogP contribution in [0.5, 0.6) is 5.75 Å². The molecule has 0 bridgehead atoms. The van der Waals surface area contributed by atoms with E-state index in [-0.39, 0.29) is 0 Å². The molecule has 0 aliphatic carbocycles. The molecule has 5 nitrogen and oxygen atoms in total. The summed E-state index contributed by atoms with van der Waals surface area (Å²) in [6.07, 6.45) is 6.99. The van der Waals surface area contributed by atoms with Crippen LogP contribution in [-0.4, -0.2) is 27.9 Å². The second kappa shape index (κ2) is 6.97. The number of ether oxygens (including phenoxy) is 1. The summed E-state index contributed by atoms with van der Waals surface area (Å²) >= 11 is 0. The van der Waals surface area contributed by atoms with Gasteiger partial charge in [0.15, 0.2) is 0 Å². The Morgan fingerprint density at radius 2 is 1.96 bits per heavy atom. The molecule has 4 rings (SSSR count). The van der Waals surface area contributed by atoms with Crippen molar-refractivity contribution in [2.75, 3.05) is 18.5 Å². The predicted octanol–water partition coefficient (Wildman–Crippen LogP) is 4.08. The summed E-state index contributed by atoms with van der Waals surface area (Å²) in [6.45, 7) is 3.59. The molecule has 0 atom stereocenters. The molecule has 0 fully saturated rings. The predicted molar refractivity (Wildman–Crippen MR) is 99.4 cm³/mol. The second-order valence-electron chi connectivity index (χ2n) is 6.11. The quantitative estimate of drug-likeness (QED) is 0.781. The lowest BCUT2D eigenvalue weighted by molar-refractivity contribution is 0.338. The largest absolute Gasteiger partial charge is 0.492 e. The van der Waals surface area contributed by atoms with Gasteiger partial charge in [-0.15, -0.1) is 0 Å². The first-order chi connectivity index (χ1) is 12.4. The average Bonchev–Trinajstić information content (AvgIpc) is 2.84. The van der Waals surface area contributed by atoms with Gasteiger partial charge in [-0.1, -0.05) is 12.1 Å². The molecule has 2 aromatic heterocycles. The zero-order valence-electron chi connectivity index (χ0n) is 14.4. The third-order valence-corrected chi connectivity index (χ3v) is 4.48. The van der Waals surface area contributed by atoms with E-state index in [0.29, 0.717) is 6.61 Å². The van der Waals surface area contributed by atoms with Crippen LogP contribution in [0.15, 0.2) is 48.8 Å². The van der Waals surface area contributed by atoms with Gasteiger partial charge in [-0.05, 0) is 50.5 Å². The van der Waals surface area contributed by atoms with E-state index in [1.165, 1.54) is 5.56 Å². The Labute approximate surface area is 147 Å². The van der Waals surface area contributed by atoms with E-state index >= 15 is 0 Å². The van der Waals surface area contributed by atoms with Gasteiger partial charge in [-0.3, -0.25) is 4.98 Å². The molecule has 128 valence electrons. The van der Waals surface area contributed by atoms with Crippen molar-refractivity contribution >= 4 is 5.82 Å². The molecule has 1 aliphatic rings. The molecule has 0 spiro atoms. The third kappa shape index (κ3) is 2.97. The molecule has 1 N–H and O–H groups in total. The maximum atomic E-state index is 5.83. The molecule has 0 radical (unpaired) electrons. The minimum Gasteiger partial charge on any atom is -0.492 e. The van der Waals surface area contributed by atoms with Crippen molar-refractivity contribution in [3.8, 4) is 22.7 Å². The maximum Gasteiger partial charge on any atom is 0.145 e. The average molecular weight is 334 g/mol. The molecule has 3 aromatic rings. The summed E-state index contributed by atoms with van der Waals surface area (Å²) in [5.41, 5.74) is 4.37. The Morgan fingerprint density at radius 3 is 2.80 bits per heavy atom. The topological polar surface area (TPSA) is 52.0 Å². The zero-order chi connectivity index (χ0) is 17.1. The highest BCUT2D eigenvalue weighted by molar-refractivity contribution is 5.71. The van der Waals surface area contributed by atoms with E-state index in [4.69, 9.17) is 9.84 Å². The van der Waals surface area contributed by atoms with Crippen LogP contribution in [-0.2, 0) is 6.42 Å². The smallest absolute Gasteiger partial charge is 0.145 e. The van der Waals surface area contributed by atoms with Crippen LogP contribution in [0.3, 0.4) is 0 Å². The number of rotatable bonds is 4. The van der Waals surface area contributed by atoms with E-state index in [1.54, 1.807) is 0 Å². The number of pyridine rings is 1. The van der Waals surface area contributed by atoms with Gasteiger partial charge in [0.1, 0.15) is 17.3 Å². The molecule has 1 aliphatic heterocycles. The Balaban J connectivity index is 1.91. The number of nitrogens with zero attached hydrogens (tertiary/aromatic N) is 3. The summed E-state index contributed by atoms with van der Waals surface area (Å²) in [4.78, 5) is 4.13. The molecular formula is C20H22N4O. The highest BCUT2D eigenvalue weighted by Gasteiger charge is 2.22. The highest BCUT2D eigenvalue weighted by atomic mass is 16.5. The minimum absolute atomic E-state index is 0.630. The van der Waals surface area contributed by atoms with Gasteiger partial charge in [-0.25, -0.2) is 4.68 Å². The Hall–Kier alpha value is -2.82. The van der Waals surface area contributed by atoms with E-state index in [0.717, 1.165) is 54.3 Å². The van der Waals surface area contributed by atoms with Crippen LogP contribution in [0.2, 0.25) is 0 Å². The molecule has 0 amide bonds. The van der Waals surface area contributed by atoms with Crippen LogP contribution in [0.25, 0.3) is 16.9 Å². The molecule has 0 saturated carbocycles. The minimum atomic E-state index is 0.630. The van der Waals surface area contributed by atoms with E-state index in [1.807, 2.05) is 54.3 Å². The van der Waals surface area contributed by atoms with E-state index in [9.17, 15) is 0 Å². The molecule has 5 heteroatoms. The van der Waals surface area contributed by atoms with Crippen molar-refractivity contribution in [1.29, 1.82) is 0 Å². The number of aromatic nitrogens is 3. The summed E-state index contributed by atoms with van der Waals surface area (Å²) < 4.78 is 7.83. The number of anilines is 1. The fourth-order valence-electron chi connectivity index (χ4n) is 3.33. The van der Waals surface area contributed by atoms with Gasteiger partial charge in [0.25, 0.3) is 0 Å². The van der Waals surface area contributed by atoms with Crippen LogP contribution < -0.4 is 10.1 Å². The molecular weight excluding hydrogens is 312 g/mol. The second-order valence-corrected chi connectivity index (χ2v) is 6.11. The van der Waals surface area contributed by atoms with Gasteiger partial charge >= 0.3 is 0 Å². The lowest BCUT2D eigenvalue weighted by atomic mass is 10.0. The first kappa shape index (κ1) is 15.7. The van der Waals surface area contributed by atoms with E-state index in [2.05, 4.69) is 16.4 Å². The van der Waals surface area contributed by atoms with Crippen molar-refractivity contribution in [3.05, 3.63) is 54.4 Å². The lowest BCUT2D eigenvalue weighted by Gasteiger charge is -2.13. The third-order valence-electron chi connectivity index (χ3n) is 4.48. The van der Waals surface area contributed by atoms with Gasteiger partial charge in [-0.2, -0.15) is 5.10 Å². The fraction of sp³-hybridized carbons (Fsp3) is 0.300. The number of fused-ring (bicyclic) bond motifs is 1. The zero-order valence-corrected chi connectivity index (χ0v) is 14.4. The Morgan fingerprint density at radius 1 is 1.12 bits per heavy atom. The van der Waals surface area contributed by atoms with Crippen molar-refractivity contribution in [2.45, 2.75) is 26.2 Å². The highest BCUT2D eigenvalue weighted by Crippen LogP contribution is 2.35. The fourth-order valence-corrected chi connectivity index (χ4v) is 3.33.